The Labute approximate surface area is 238 Å². The number of carbonyl (C=O) groups excluding carboxylic acids is 2. The van der Waals surface area contributed by atoms with Crippen LogP contribution in [-0.4, -0.2) is 58.2 Å². The van der Waals surface area contributed by atoms with Gasteiger partial charge < -0.3 is 19.1 Å². The van der Waals surface area contributed by atoms with E-state index in [-0.39, 0.29) is 24.7 Å². The topological polar surface area (TPSA) is 132 Å². The lowest BCUT2D eigenvalue weighted by Crippen LogP contribution is -2.44. The van der Waals surface area contributed by atoms with Crippen molar-refractivity contribution in [2.75, 3.05) is 13.8 Å². The number of rotatable bonds is 8. The summed E-state index contributed by atoms with van der Waals surface area (Å²) in [5.74, 6) is 1.11. The molecule has 1 heterocycles. The largest absolute Gasteiger partial charge is 0.496 e. The highest BCUT2D eigenvalue weighted by atomic mass is 16.6. The molecule has 2 aliphatic rings. The number of ether oxygens (including phenoxy) is 3. The second kappa shape index (κ2) is 11.5. The first-order chi connectivity index (χ1) is 19.7. The van der Waals surface area contributed by atoms with Crippen LogP contribution in [0.1, 0.15) is 61.6 Å². The van der Waals surface area contributed by atoms with Gasteiger partial charge in [0.15, 0.2) is 6.73 Å². The number of hydrogen-bond acceptors (Lipinski definition) is 7. The van der Waals surface area contributed by atoms with Gasteiger partial charge in [0, 0.05) is 28.8 Å². The Hall–Kier alpha value is -4.50. The van der Waals surface area contributed by atoms with Crippen molar-refractivity contribution in [1.82, 2.24) is 14.7 Å². The molecule has 1 aromatic heterocycles. The Morgan fingerprint density at radius 1 is 1.10 bits per heavy atom. The van der Waals surface area contributed by atoms with Crippen molar-refractivity contribution in [3.63, 3.8) is 0 Å². The van der Waals surface area contributed by atoms with Crippen LogP contribution in [0.15, 0.2) is 53.8 Å². The van der Waals surface area contributed by atoms with Crippen molar-refractivity contribution in [2.45, 2.75) is 70.6 Å². The van der Waals surface area contributed by atoms with Crippen molar-refractivity contribution >= 4 is 12.0 Å². The predicted octanol–water partition coefficient (Wildman–Crippen LogP) is 6.15. The van der Waals surface area contributed by atoms with E-state index in [0.29, 0.717) is 35.5 Å². The highest BCUT2D eigenvalue weighted by molar-refractivity contribution is 5.95. The first-order valence-electron chi connectivity index (χ1n) is 13.7. The third-order valence-corrected chi connectivity index (χ3v) is 7.17. The van der Waals surface area contributed by atoms with Crippen molar-refractivity contribution in [2.24, 2.45) is 5.11 Å². The highest BCUT2D eigenvalue weighted by Gasteiger charge is 2.39. The molecule has 1 saturated carbocycles. The summed E-state index contributed by atoms with van der Waals surface area (Å²) in [5.41, 5.74) is 12.0. The maximum absolute atomic E-state index is 13.9. The van der Waals surface area contributed by atoms with Gasteiger partial charge in [-0.05, 0) is 93.8 Å². The minimum absolute atomic E-state index is 0.00751. The summed E-state index contributed by atoms with van der Waals surface area (Å²) < 4.78 is 18.0. The van der Waals surface area contributed by atoms with Gasteiger partial charge in [-0.2, -0.15) is 9.78 Å². The first-order valence-corrected chi connectivity index (χ1v) is 13.7. The van der Waals surface area contributed by atoms with Crippen LogP contribution in [0.5, 0.6) is 11.5 Å². The molecule has 1 unspecified atom stereocenters. The number of methoxy groups -OCH3 is 1. The van der Waals surface area contributed by atoms with Crippen molar-refractivity contribution in [3.05, 3.63) is 75.9 Å². The zero-order valence-corrected chi connectivity index (χ0v) is 23.7. The molecule has 2 aliphatic carbocycles. The molecular weight excluding hydrogens is 524 g/mol. The number of fused-ring (bicyclic) bond motifs is 1. The molecule has 0 saturated heterocycles. The Bertz CT molecular complexity index is 1480. The molecule has 41 heavy (non-hydrogen) atoms. The average Bonchev–Trinajstić information content (AvgIpc) is 3.68. The molecule has 5 rings (SSSR count). The SMILES string of the molecule is COc1cccc(OCN=[N+]=[N-])c1-c1ccc(C(=O)N(C2CC2)C2CCc3nn(C(=O)OC(C)(C)C)cc3C2)cc1. The summed E-state index contributed by atoms with van der Waals surface area (Å²) >= 11 is 0. The molecule has 0 spiro atoms. The number of aryl methyl sites for hydroxylation is 1. The third kappa shape index (κ3) is 6.30. The van der Waals surface area contributed by atoms with E-state index in [1.165, 1.54) is 4.68 Å². The molecule has 1 atom stereocenters. The molecule has 3 aromatic rings. The fourth-order valence-electron chi connectivity index (χ4n) is 5.25. The average molecular weight is 559 g/mol. The second-order valence-electron chi connectivity index (χ2n) is 11.3. The van der Waals surface area contributed by atoms with Crippen LogP contribution in [0, 0.1) is 0 Å². The van der Waals surface area contributed by atoms with Crippen LogP contribution in [0.4, 0.5) is 4.79 Å². The van der Waals surface area contributed by atoms with E-state index in [4.69, 9.17) is 19.7 Å². The lowest BCUT2D eigenvalue weighted by molar-refractivity contribution is 0.0513. The molecule has 0 aliphatic heterocycles. The van der Waals surface area contributed by atoms with E-state index in [9.17, 15) is 9.59 Å². The number of carbonyl (C=O) groups is 2. The summed E-state index contributed by atoms with van der Waals surface area (Å²) in [6.45, 7) is 5.32. The number of amides is 1. The molecule has 214 valence electrons. The monoisotopic (exact) mass is 558 g/mol. The van der Waals surface area contributed by atoms with Gasteiger partial charge in [0.1, 0.15) is 17.1 Å². The number of nitrogens with zero attached hydrogens (tertiary/aromatic N) is 6. The van der Waals surface area contributed by atoms with E-state index in [2.05, 4.69) is 15.1 Å². The van der Waals surface area contributed by atoms with E-state index >= 15 is 0 Å². The fourth-order valence-corrected chi connectivity index (χ4v) is 5.25. The summed E-state index contributed by atoms with van der Waals surface area (Å²) in [5, 5.41) is 7.93. The normalized spacial score (nSPS) is 16.2. The Morgan fingerprint density at radius 3 is 2.49 bits per heavy atom. The van der Waals surface area contributed by atoms with Gasteiger partial charge in [-0.1, -0.05) is 23.3 Å². The zero-order chi connectivity index (χ0) is 29.1. The number of benzene rings is 2. The van der Waals surface area contributed by atoms with Crippen molar-refractivity contribution < 1.29 is 23.8 Å². The van der Waals surface area contributed by atoms with Gasteiger partial charge in [0.05, 0.1) is 18.4 Å². The highest BCUT2D eigenvalue weighted by Crippen LogP contribution is 2.39. The van der Waals surface area contributed by atoms with Crippen LogP contribution in [0.25, 0.3) is 21.6 Å². The van der Waals surface area contributed by atoms with Gasteiger partial charge in [0.2, 0.25) is 0 Å². The lowest BCUT2D eigenvalue weighted by Gasteiger charge is -2.34. The maximum Gasteiger partial charge on any atom is 0.435 e. The summed E-state index contributed by atoms with van der Waals surface area (Å²) in [7, 11) is 1.58. The van der Waals surface area contributed by atoms with E-state index in [0.717, 1.165) is 36.1 Å². The smallest absolute Gasteiger partial charge is 0.435 e. The Kier molecular flexibility index (Phi) is 7.90. The fraction of sp³-hybridized carbons (Fsp3) is 0.433. The quantitative estimate of drug-likeness (QED) is 0.185. The summed E-state index contributed by atoms with van der Waals surface area (Å²) in [6, 6.07) is 13.0. The van der Waals surface area contributed by atoms with Crippen LogP contribution in [0.2, 0.25) is 0 Å². The minimum atomic E-state index is -0.608. The van der Waals surface area contributed by atoms with Crippen LogP contribution < -0.4 is 9.47 Å². The molecule has 1 amide bonds. The molecular formula is C30H34N6O5. The van der Waals surface area contributed by atoms with Gasteiger partial charge in [0.25, 0.3) is 5.91 Å². The predicted molar refractivity (Wildman–Crippen MR) is 152 cm³/mol. The maximum atomic E-state index is 13.9. The molecule has 2 aromatic carbocycles. The van der Waals surface area contributed by atoms with Crippen molar-refractivity contribution in [3.8, 4) is 22.6 Å². The second-order valence-corrected chi connectivity index (χ2v) is 11.3. The standard InChI is InChI=1S/C30H34N6O5/c1-30(2,3)41-29(38)35-17-21-16-23(14-15-24(21)33-35)36(22-12-13-22)28(37)20-10-8-19(9-11-20)27-25(39-4)6-5-7-26(27)40-18-32-34-31/h5-11,17,22-23H,12-16,18H2,1-4H3. The Morgan fingerprint density at radius 2 is 1.83 bits per heavy atom. The van der Waals surface area contributed by atoms with Gasteiger partial charge in [-0.15, -0.1) is 0 Å². The number of azide groups is 1. The van der Waals surface area contributed by atoms with Crippen molar-refractivity contribution in [1.29, 1.82) is 0 Å². The van der Waals surface area contributed by atoms with Gasteiger partial charge >= 0.3 is 6.09 Å². The van der Waals surface area contributed by atoms with Gasteiger partial charge in [-0.25, -0.2) is 4.79 Å². The lowest BCUT2D eigenvalue weighted by atomic mass is 9.91. The van der Waals surface area contributed by atoms with Crippen LogP contribution in [-0.2, 0) is 17.6 Å². The summed E-state index contributed by atoms with van der Waals surface area (Å²) in [4.78, 5) is 31.2. The van der Waals surface area contributed by atoms with E-state index in [1.54, 1.807) is 25.4 Å². The molecule has 11 nitrogen and oxygen atoms in total. The molecule has 0 radical (unpaired) electrons. The van der Waals surface area contributed by atoms with E-state index in [1.807, 2.05) is 56.0 Å². The number of aromatic nitrogens is 2. The van der Waals surface area contributed by atoms with Crippen LogP contribution in [0.3, 0.4) is 0 Å². The first kappa shape index (κ1) is 28.0. The Balaban J connectivity index is 1.35. The van der Waals surface area contributed by atoms with Crippen LogP contribution >= 0.6 is 0 Å². The summed E-state index contributed by atoms with van der Waals surface area (Å²) in [6.07, 6.45) is 5.33. The molecule has 11 heteroatoms. The molecule has 1 fully saturated rings. The molecule has 0 bridgehead atoms. The minimum Gasteiger partial charge on any atom is -0.496 e. The third-order valence-electron chi connectivity index (χ3n) is 7.17. The van der Waals surface area contributed by atoms with E-state index < -0.39 is 11.7 Å². The molecule has 0 N–H and O–H groups in total. The van der Waals surface area contributed by atoms with Gasteiger partial charge in [-0.3, -0.25) is 4.79 Å². The zero-order valence-electron chi connectivity index (χ0n) is 23.7. The number of hydrogen-bond donors (Lipinski definition) is 0.